The summed E-state index contributed by atoms with van der Waals surface area (Å²) in [6.07, 6.45) is 0. The molecular formula is C12H12O2S2. The first-order chi connectivity index (χ1) is 7.61. The van der Waals surface area contributed by atoms with Crippen LogP contribution in [-0.2, 0) is 0 Å². The van der Waals surface area contributed by atoms with Crippen molar-refractivity contribution < 1.29 is 9.59 Å². The Morgan fingerprint density at radius 1 is 0.875 bits per heavy atom. The fourth-order valence-corrected chi connectivity index (χ4v) is 2.21. The van der Waals surface area contributed by atoms with E-state index >= 15 is 0 Å². The van der Waals surface area contributed by atoms with Gasteiger partial charge in [0.2, 0.25) is 0 Å². The molecule has 2 aromatic heterocycles. The second kappa shape index (κ2) is 6.35. The van der Waals surface area contributed by atoms with Crippen molar-refractivity contribution in [3.8, 4) is 0 Å². The lowest BCUT2D eigenvalue weighted by Crippen LogP contribution is -1.83. The topological polar surface area (TPSA) is 34.1 Å². The Kier molecular flexibility index (Phi) is 5.08. The van der Waals surface area contributed by atoms with E-state index in [1.807, 2.05) is 35.0 Å². The molecule has 0 spiro atoms. The summed E-state index contributed by atoms with van der Waals surface area (Å²) in [4.78, 5) is 22.7. The normalized spacial score (nSPS) is 9.12. The second-order valence-electron chi connectivity index (χ2n) is 3.07. The molecule has 0 fully saturated rings. The molecule has 0 aliphatic carbocycles. The van der Waals surface area contributed by atoms with Crippen LogP contribution in [0.3, 0.4) is 0 Å². The van der Waals surface area contributed by atoms with Gasteiger partial charge in [0.1, 0.15) is 0 Å². The lowest BCUT2D eigenvalue weighted by atomic mass is 10.4. The molecule has 2 heterocycles. The molecule has 0 aliphatic heterocycles. The third kappa shape index (κ3) is 4.08. The lowest BCUT2D eigenvalue weighted by Gasteiger charge is -1.79. The van der Waals surface area contributed by atoms with Gasteiger partial charge in [0.15, 0.2) is 11.6 Å². The highest BCUT2D eigenvalue weighted by Crippen LogP contribution is 2.08. The van der Waals surface area contributed by atoms with E-state index in [9.17, 15) is 9.59 Å². The Morgan fingerprint density at radius 2 is 1.25 bits per heavy atom. The van der Waals surface area contributed by atoms with Gasteiger partial charge in [-0.25, -0.2) is 0 Å². The molecule has 0 saturated carbocycles. The van der Waals surface area contributed by atoms with Gasteiger partial charge in [0, 0.05) is 0 Å². The average Bonchev–Trinajstić information content (AvgIpc) is 2.93. The van der Waals surface area contributed by atoms with Crippen LogP contribution in [0.15, 0.2) is 35.0 Å². The maximum Gasteiger partial charge on any atom is 0.169 e. The van der Waals surface area contributed by atoms with Crippen LogP contribution in [0.25, 0.3) is 0 Å². The molecule has 2 aromatic rings. The summed E-state index contributed by atoms with van der Waals surface area (Å²) < 4.78 is 0. The van der Waals surface area contributed by atoms with Gasteiger partial charge in [-0.3, -0.25) is 9.59 Å². The Bertz CT molecular complexity index is 397. The zero-order valence-corrected chi connectivity index (χ0v) is 10.7. The van der Waals surface area contributed by atoms with Crippen molar-refractivity contribution in [1.82, 2.24) is 0 Å². The zero-order chi connectivity index (χ0) is 12.0. The largest absolute Gasteiger partial charge is 0.294 e. The molecule has 0 amide bonds. The number of hydrogen-bond acceptors (Lipinski definition) is 4. The predicted octanol–water partition coefficient (Wildman–Crippen LogP) is 3.90. The van der Waals surface area contributed by atoms with Gasteiger partial charge >= 0.3 is 0 Å². The van der Waals surface area contributed by atoms with Crippen LogP contribution in [0.4, 0.5) is 0 Å². The van der Waals surface area contributed by atoms with E-state index in [2.05, 4.69) is 0 Å². The molecule has 0 unspecified atom stereocenters. The number of hydrogen-bond donors (Lipinski definition) is 0. The molecule has 0 saturated heterocycles. The van der Waals surface area contributed by atoms with Gasteiger partial charge in [0.25, 0.3) is 0 Å². The zero-order valence-electron chi connectivity index (χ0n) is 9.10. The van der Waals surface area contributed by atoms with E-state index in [1.165, 1.54) is 22.7 Å². The van der Waals surface area contributed by atoms with Crippen molar-refractivity contribution in [1.29, 1.82) is 0 Å². The predicted molar refractivity (Wildman–Crippen MR) is 68.6 cm³/mol. The Morgan fingerprint density at radius 3 is 1.38 bits per heavy atom. The highest BCUT2D eigenvalue weighted by Gasteiger charge is 1.96. The van der Waals surface area contributed by atoms with Gasteiger partial charge in [-0.15, -0.1) is 22.7 Å². The molecule has 84 valence electrons. The van der Waals surface area contributed by atoms with E-state index < -0.39 is 0 Å². The summed E-state index contributed by atoms with van der Waals surface area (Å²) in [5, 5.41) is 3.80. The van der Waals surface area contributed by atoms with E-state index in [-0.39, 0.29) is 11.6 Å². The van der Waals surface area contributed by atoms with E-state index in [1.54, 1.807) is 13.8 Å². The van der Waals surface area contributed by atoms with E-state index in [4.69, 9.17) is 0 Å². The smallest absolute Gasteiger partial charge is 0.169 e. The molecule has 0 bridgehead atoms. The van der Waals surface area contributed by atoms with Crippen molar-refractivity contribution in [2.24, 2.45) is 0 Å². The minimum absolute atomic E-state index is 0.153. The first-order valence-corrected chi connectivity index (χ1v) is 6.46. The highest BCUT2D eigenvalue weighted by atomic mass is 32.1. The Balaban J connectivity index is 0.000000160. The molecule has 2 rings (SSSR count). The second-order valence-corrected chi connectivity index (χ2v) is 4.96. The van der Waals surface area contributed by atoms with Crippen molar-refractivity contribution >= 4 is 34.2 Å². The summed E-state index contributed by atoms with van der Waals surface area (Å²) in [6.45, 7) is 3.15. The number of thiophene rings is 2. The molecule has 0 radical (unpaired) electrons. The fourth-order valence-electron chi connectivity index (χ4n) is 0.958. The van der Waals surface area contributed by atoms with Gasteiger partial charge in [-0.2, -0.15) is 0 Å². The van der Waals surface area contributed by atoms with Crippen LogP contribution in [0.5, 0.6) is 0 Å². The quantitative estimate of drug-likeness (QED) is 0.760. The van der Waals surface area contributed by atoms with Crippen LogP contribution in [0.2, 0.25) is 0 Å². The summed E-state index contributed by atoms with van der Waals surface area (Å²) in [5.74, 6) is 0.306. The van der Waals surface area contributed by atoms with Crippen molar-refractivity contribution in [2.75, 3.05) is 0 Å². The van der Waals surface area contributed by atoms with E-state index in [0.29, 0.717) is 0 Å². The minimum atomic E-state index is 0.153. The van der Waals surface area contributed by atoms with Crippen LogP contribution in [0, 0.1) is 0 Å². The number of carbonyl (C=O) groups is 2. The molecule has 16 heavy (non-hydrogen) atoms. The van der Waals surface area contributed by atoms with Crippen LogP contribution >= 0.6 is 22.7 Å². The van der Waals surface area contributed by atoms with Gasteiger partial charge in [-0.1, -0.05) is 12.1 Å². The molecule has 0 atom stereocenters. The average molecular weight is 252 g/mol. The number of Topliss-reactive ketones (excluding diaryl/α,β-unsaturated/α-hetero) is 2. The monoisotopic (exact) mass is 252 g/mol. The van der Waals surface area contributed by atoms with Crippen LogP contribution < -0.4 is 0 Å². The summed E-state index contributed by atoms with van der Waals surface area (Å²) >= 11 is 2.96. The van der Waals surface area contributed by atoms with Gasteiger partial charge in [0.05, 0.1) is 9.75 Å². The lowest BCUT2D eigenvalue weighted by molar-refractivity contribution is 0.101. The van der Waals surface area contributed by atoms with Crippen LogP contribution in [-0.4, -0.2) is 11.6 Å². The maximum absolute atomic E-state index is 10.5. The molecule has 0 N–H and O–H groups in total. The minimum Gasteiger partial charge on any atom is -0.294 e. The molecule has 4 heteroatoms. The molecule has 0 aliphatic rings. The van der Waals surface area contributed by atoms with E-state index in [0.717, 1.165) is 9.75 Å². The first kappa shape index (κ1) is 12.8. The van der Waals surface area contributed by atoms with Crippen molar-refractivity contribution in [2.45, 2.75) is 13.8 Å². The number of carbonyl (C=O) groups excluding carboxylic acids is 2. The first-order valence-electron chi connectivity index (χ1n) is 4.70. The summed E-state index contributed by atoms with van der Waals surface area (Å²) in [5.41, 5.74) is 0. The molecule has 2 nitrogen and oxygen atoms in total. The molecule has 0 aromatic carbocycles. The molecular weight excluding hydrogens is 240 g/mol. The maximum atomic E-state index is 10.5. The standard InChI is InChI=1S/2C6H6OS/c2*1-5(7)6-3-2-4-8-6/h2*2-4H,1H3. The van der Waals surface area contributed by atoms with Crippen molar-refractivity contribution in [3.05, 3.63) is 44.8 Å². The summed E-state index contributed by atoms with van der Waals surface area (Å²) in [6, 6.07) is 7.41. The Labute approximate surface area is 103 Å². The summed E-state index contributed by atoms with van der Waals surface area (Å²) in [7, 11) is 0. The van der Waals surface area contributed by atoms with Crippen molar-refractivity contribution in [3.63, 3.8) is 0 Å². The van der Waals surface area contributed by atoms with Gasteiger partial charge in [-0.05, 0) is 36.7 Å². The number of rotatable bonds is 2. The fraction of sp³-hybridized carbons (Fsp3) is 0.167. The van der Waals surface area contributed by atoms with Crippen LogP contribution in [0.1, 0.15) is 33.2 Å². The third-order valence-electron chi connectivity index (χ3n) is 1.74. The Hall–Kier alpha value is -1.26. The van der Waals surface area contributed by atoms with Gasteiger partial charge < -0.3 is 0 Å². The number of ketones is 2. The SMILES string of the molecule is CC(=O)c1cccs1.CC(=O)c1cccs1. The highest BCUT2D eigenvalue weighted by molar-refractivity contribution is 7.12. The third-order valence-corrected chi connectivity index (χ3v) is 3.68.